The average Bonchev–Trinajstić information content (AvgIpc) is 2.54. The van der Waals surface area contributed by atoms with Crippen molar-refractivity contribution in [1.29, 1.82) is 0 Å². The molecule has 1 fully saturated rings. The SMILES string of the molecule is CC1CCCCCN1c1c(F)cccc1[C@H](C)N. The number of anilines is 1. The number of nitrogens with two attached hydrogens (primary N) is 1. The zero-order chi connectivity index (χ0) is 13.1. The van der Waals surface area contributed by atoms with E-state index in [0.717, 1.165) is 30.6 Å². The monoisotopic (exact) mass is 250 g/mol. The van der Waals surface area contributed by atoms with Crippen LogP contribution < -0.4 is 10.6 Å². The number of benzene rings is 1. The van der Waals surface area contributed by atoms with Crippen LogP contribution in [0.1, 0.15) is 51.1 Å². The lowest BCUT2D eigenvalue weighted by molar-refractivity contribution is 0.574. The van der Waals surface area contributed by atoms with Crippen LogP contribution in [0.15, 0.2) is 18.2 Å². The van der Waals surface area contributed by atoms with Gasteiger partial charge in [0.15, 0.2) is 0 Å². The van der Waals surface area contributed by atoms with Crippen molar-refractivity contribution in [2.75, 3.05) is 11.4 Å². The quantitative estimate of drug-likeness (QED) is 0.868. The van der Waals surface area contributed by atoms with Gasteiger partial charge < -0.3 is 10.6 Å². The van der Waals surface area contributed by atoms with Gasteiger partial charge in [0.25, 0.3) is 0 Å². The first kappa shape index (κ1) is 13.3. The highest BCUT2D eigenvalue weighted by Gasteiger charge is 2.23. The van der Waals surface area contributed by atoms with E-state index in [1.54, 1.807) is 12.1 Å². The fourth-order valence-corrected chi connectivity index (χ4v) is 2.81. The molecule has 1 aliphatic heterocycles. The predicted octanol–water partition coefficient (Wildman–Crippen LogP) is 3.61. The van der Waals surface area contributed by atoms with E-state index in [0.29, 0.717) is 6.04 Å². The highest BCUT2D eigenvalue weighted by molar-refractivity contribution is 5.57. The molecular weight excluding hydrogens is 227 g/mol. The zero-order valence-corrected chi connectivity index (χ0v) is 11.3. The molecule has 2 atom stereocenters. The molecule has 1 unspecified atom stereocenters. The lowest BCUT2D eigenvalue weighted by Gasteiger charge is -2.32. The third-order valence-electron chi connectivity index (χ3n) is 3.85. The van der Waals surface area contributed by atoms with E-state index in [1.807, 2.05) is 13.0 Å². The second kappa shape index (κ2) is 5.70. The van der Waals surface area contributed by atoms with E-state index in [2.05, 4.69) is 11.8 Å². The minimum Gasteiger partial charge on any atom is -0.366 e. The summed E-state index contributed by atoms with van der Waals surface area (Å²) in [6.45, 7) is 5.03. The molecular formula is C15H23FN2. The third-order valence-corrected chi connectivity index (χ3v) is 3.85. The summed E-state index contributed by atoms with van der Waals surface area (Å²) in [7, 11) is 0. The van der Waals surface area contributed by atoms with Crippen molar-refractivity contribution in [2.45, 2.75) is 51.6 Å². The van der Waals surface area contributed by atoms with Crippen LogP contribution >= 0.6 is 0 Å². The molecule has 0 radical (unpaired) electrons. The lowest BCUT2D eigenvalue weighted by Crippen LogP contribution is -2.34. The molecule has 1 aromatic carbocycles. The number of para-hydroxylation sites is 1. The van der Waals surface area contributed by atoms with Crippen LogP contribution in [0.2, 0.25) is 0 Å². The van der Waals surface area contributed by atoms with Crippen LogP contribution in [0.3, 0.4) is 0 Å². The number of halogens is 1. The van der Waals surface area contributed by atoms with E-state index in [1.165, 1.54) is 12.8 Å². The molecule has 1 heterocycles. The van der Waals surface area contributed by atoms with Crippen LogP contribution in [0.4, 0.5) is 10.1 Å². The first-order valence-electron chi connectivity index (χ1n) is 6.92. The maximum Gasteiger partial charge on any atom is 0.146 e. The molecule has 1 aromatic rings. The van der Waals surface area contributed by atoms with Crippen LogP contribution in [-0.4, -0.2) is 12.6 Å². The Kier molecular flexibility index (Phi) is 4.23. The summed E-state index contributed by atoms with van der Waals surface area (Å²) in [5.74, 6) is -0.140. The Balaban J connectivity index is 2.41. The lowest BCUT2D eigenvalue weighted by atomic mass is 10.0. The molecule has 0 spiro atoms. The van der Waals surface area contributed by atoms with Crippen LogP contribution in [0.5, 0.6) is 0 Å². The number of rotatable bonds is 2. The van der Waals surface area contributed by atoms with Crippen LogP contribution in [0.25, 0.3) is 0 Å². The van der Waals surface area contributed by atoms with Gasteiger partial charge in [-0.05, 0) is 38.3 Å². The molecule has 2 rings (SSSR count). The first-order valence-corrected chi connectivity index (χ1v) is 6.92. The minimum atomic E-state index is -0.140. The molecule has 3 heteroatoms. The highest BCUT2D eigenvalue weighted by Crippen LogP contribution is 2.32. The van der Waals surface area contributed by atoms with Crippen molar-refractivity contribution < 1.29 is 4.39 Å². The van der Waals surface area contributed by atoms with Gasteiger partial charge >= 0.3 is 0 Å². The van der Waals surface area contributed by atoms with Crippen molar-refractivity contribution in [3.05, 3.63) is 29.6 Å². The van der Waals surface area contributed by atoms with Crippen molar-refractivity contribution in [3.8, 4) is 0 Å². The summed E-state index contributed by atoms with van der Waals surface area (Å²) in [5, 5.41) is 0. The van der Waals surface area contributed by atoms with Gasteiger partial charge in [-0.2, -0.15) is 0 Å². The topological polar surface area (TPSA) is 29.3 Å². The van der Waals surface area contributed by atoms with E-state index in [4.69, 9.17) is 5.73 Å². The highest BCUT2D eigenvalue weighted by atomic mass is 19.1. The van der Waals surface area contributed by atoms with Gasteiger partial charge in [0.2, 0.25) is 0 Å². The third kappa shape index (κ3) is 2.66. The molecule has 0 saturated carbocycles. The van der Waals surface area contributed by atoms with Crippen molar-refractivity contribution in [2.24, 2.45) is 5.73 Å². The molecule has 1 aliphatic rings. The van der Waals surface area contributed by atoms with Crippen molar-refractivity contribution >= 4 is 5.69 Å². The Morgan fingerprint density at radius 2 is 2.11 bits per heavy atom. The fraction of sp³-hybridized carbons (Fsp3) is 0.600. The number of hydrogen-bond acceptors (Lipinski definition) is 2. The van der Waals surface area contributed by atoms with Gasteiger partial charge in [-0.1, -0.05) is 25.0 Å². The molecule has 18 heavy (non-hydrogen) atoms. The maximum absolute atomic E-state index is 14.2. The normalized spacial score (nSPS) is 22.7. The first-order chi connectivity index (χ1) is 8.61. The molecule has 2 nitrogen and oxygen atoms in total. The summed E-state index contributed by atoms with van der Waals surface area (Å²) in [6.07, 6.45) is 4.74. The van der Waals surface area contributed by atoms with Crippen LogP contribution in [0, 0.1) is 5.82 Å². The van der Waals surface area contributed by atoms with E-state index >= 15 is 0 Å². The number of hydrogen-bond donors (Lipinski definition) is 1. The van der Waals surface area contributed by atoms with Gasteiger partial charge in [0.05, 0.1) is 5.69 Å². The Morgan fingerprint density at radius 3 is 2.83 bits per heavy atom. The van der Waals surface area contributed by atoms with Gasteiger partial charge in [-0.3, -0.25) is 0 Å². The van der Waals surface area contributed by atoms with E-state index in [-0.39, 0.29) is 11.9 Å². The van der Waals surface area contributed by atoms with Gasteiger partial charge in [-0.15, -0.1) is 0 Å². The fourth-order valence-electron chi connectivity index (χ4n) is 2.81. The summed E-state index contributed by atoms with van der Waals surface area (Å²) in [5.41, 5.74) is 7.63. The van der Waals surface area contributed by atoms with Crippen LogP contribution in [-0.2, 0) is 0 Å². The predicted molar refractivity (Wildman–Crippen MR) is 74.3 cm³/mol. The van der Waals surface area contributed by atoms with Gasteiger partial charge in [0, 0.05) is 18.6 Å². The second-order valence-electron chi connectivity index (χ2n) is 5.36. The smallest absolute Gasteiger partial charge is 0.146 e. The van der Waals surface area contributed by atoms with Crippen molar-refractivity contribution in [1.82, 2.24) is 0 Å². The Morgan fingerprint density at radius 1 is 1.33 bits per heavy atom. The molecule has 0 bridgehead atoms. The second-order valence-corrected chi connectivity index (χ2v) is 5.36. The molecule has 100 valence electrons. The number of nitrogens with zero attached hydrogens (tertiary/aromatic N) is 1. The summed E-state index contributed by atoms with van der Waals surface area (Å²) in [6, 6.07) is 5.49. The Bertz CT molecular complexity index is 403. The van der Waals surface area contributed by atoms with Crippen molar-refractivity contribution in [3.63, 3.8) is 0 Å². The largest absolute Gasteiger partial charge is 0.366 e. The van der Waals surface area contributed by atoms with Gasteiger partial charge in [0.1, 0.15) is 5.82 Å². The standard InChI is InChI=1S/C15H23FN2/c1-11-7-4-3-5-10-18(11)15-13(12(2)17)8-6-9-14(15)16/h6,8-9,11-12H,3-5,7,10,17H2,1-2H3/t11?,12-/m0/s1. The minimum absolute atomic E-state index is 0.133. The summed E-state index contributed by atoms with van der Waals surface area (Å²) >= 11 is 0. The molecule has 0 aliphatic carbocycles. The maximum atomic E-state index is 14.2. The Hall–Kier alpha value is -1.09. The van der Waals surface area contributed by atoms with E-state index in [9.17, 15) is 4.39 Å². The summed E-state index contributed by atoms with van der Waals surface area (Å²) in [4.78, 5) is 2.21. The molecule has 1 saturated heterocycles. The average molecular weight is 250 g/mol. The summed E-state index contributed by atoms with van der Waals surface area (Å²) < 4.78 is 14.2. The Labute approximate surface area is 109 Å². The molecule has 0 aromatic heterocycles. The molecule has 0 amide bonds. The van der Waals surface area contributed by atoms with Gasteiger partial charge in [-0.25, -0.2) is 4.39 Å². The van der Waals surface area contributed by atoms with E-state index < -0.39 is 0 Å². The molecule has 2 N–H and O–H groups in total. The zero-order valence-electron chi connectivity index (χ0n) is 11.3.